The average Bonchev–Trinajstić information content (AvgIpc) is 2.27. The van der Waals surface area contributed by atoms with Gasteiger partial charge in [0.1, 0.15) is 8.30 Å². The van der Waals surface area contributed by atoms with Crippen molar-refractivity contribution in [3.05, 3.63) is 19.9 Å². The molecule has 0 radical (unpaired) electrons. The number of halogens is 2. The lowest BCUT2D eigenvalue weighted by Crippen LogP contribution is -1.92. The summed E-state index contributed by atoms with van der Waals surface area (Å²) in [5.74, 6) is 0. The zero-order chi connectivity index (χ0) is 9.59. The average molecular weight is 352 g/mol. The first-order valence-electron chi connectivity index (χ1n) is 3.75. The Hall–Kier alpha value is -0.170. The van der Waals surface area contributed by atoms with Crippen LogP contribution in [0, 0.1) is 10.6 Å². The summed E-state index contributed by atoms with van der Waals surface area (Å²) < 4.78 is 3.67. The van der Waals surface area contributed by atoms with Crippen LogP contribution in [-0.2, 0) is 7.05 Å². The molecule has 0 aliphatic heterocycles. The van der Waals surface area contributed by atoms with Gasteiger partial charge in [0.25, 0.3) is 0 Å². The van der Waals surface area contributed by atoms with E-state index in [1.54, 1.807) is 4.68 Å². The molecule has 5 heteroatoms. The summed E-state index contributed by atoms with van der Waals surface area (Å²) in [5.41, 5.74) is 2.13. The molecule has 13 heavy (non-hydrogen) atoms. The number of nitrogens with zero attached hydrogens (tertiary/aromatic N) is 3. The molecule has 0 amide bonds. The van der Waals surface area contributed by atoms with Gasteiger partial charge < -0.3 is 0 Å². The quantitative estimate of drug-likeness (QED) is 0.539. The number of hydrogen-bond acceptors (Lipinski definition) is 2. The monoisotopic (exact) mass is 351 g/mol. The predicted molar refractivity (Wildman–Crippen MR) is 63.7 cm³/mol. The SMILES string of the molecule is Cc1cc(Br)nc2c1c(I)nn2C. The zero-order valence-electron chi connectivity index (χ0n) is 7.17. The second-order valence-corrected chi connectivity index (χ2v) is 4.71. The van der Waals surface area contributed by atoms with E-state index in [0.29, 0.717) is 0 Å². The third kappa shape index (κ3) is 1.48. The van der Waals surface area contributed by atoms with Crippen molar-refractivity contribution >= 4 is 49.6 Å². The van der Waals surface area contributed by atoms with Crippen molar-refractivity contribution in [3.63, 3.8) is 0 Å². The Morgan fingerprint density at radius 3 is 2.92 bits per heavy atom. The second kappa shape index (κ2) is 3.20. The van der Waals surface area contributed by atoms with Gasteiger partial charge in [-0.3, -0.25) is 0 Å². The molecule has 0 fully saturated rings. The van der Waals surface area contributed by atoms with Crippen molar-refractivity contribution < 1.29 is 0 Å². The predicted octanol–water partition coefficient (Wildman–Crippen LogP) is 2.64. The summed E-state index contributed by atoms with van der Waals surface area (Å²) in [4.78, 5) is 4.37. The highest BCUT2D eigenvalue weighted by Crippen LogP contribution is 2.24. The van der Waals surface area contributed by atoms with E-state index < -0.39 is 0 Å². The molecule has 68 valence electrons. The zero-order valence-corrected chi connectivity index (χ0v) is 10.9. The van der Waals surface area contributed by atoms with Gasteiger partial charge in [-0.05, 0) is 57.1 Å². The first kappa shape index (κ1) is 9.39. The van der Waals surface area contributed by atoms with E-state index in [2.05, 4.69) is 55.5 Å². The van der Waals surface area contributed by atoms with Crippen molar-refractivity contribution in [1.29, 1.82) is 0 Å². The molecule has 0 atom stereocenters. The highest BCUT2D eigenvalue weighted by Gasteiger charge is 2.10. The van der Waals surface area contributed by atoms with Crippen LogP contribution in [0.2, 0.25) is 0 Å². The lowest BCUT2D eigenvalue weighted by molar-refractivity contribution is 0.776. The van der Waals surface area contributed by atoms with Crippen molar-refractivity contribution in [3.8, 4) is 0 Å². The summed E-state index contributed by atoms with van der Waals surface area (Å²) >= 11 is 5.60. The minimum Gasteiger partial charge on any atom is -0.249 e. The topological polar surface area (TPSA) is 30.7 Å². The van der Waals surface area contributed by atoms with E-state index >= 15 is 0 Å². The Bertz CT molecular complexity index is 478. The summed E-state index contributed by atoms with van der Waals surface area (Å²) in [7, 11) is 1.91. The maximum absolute atomic E-state index is 4.37. The number of rotatable bonds is 0. The molecule has 0 aliphatic carbocycles. The molecule has 0 unspecified atom stereocenters. The standard InChI is InChI=1S/C8H7BrIN3/c1-4-3-5(9)11-8-6(4)7(10)12-13(8)2/h3H,1-2H3. The Morgan fingerprint density at radius 1 is 1.54 bits per heavy atom. The van der Waals surface area contributed by atoms with Gasteiger partial charge in [-0.1, -0.05) is 0 Å². The van der Waals surface area contributed by atoms with Crippen molar-refractivity contribution in [2.24, 2.45) is 7.05 Å². The molecule has 0 bridgehead atoms. The Balaban J connectivity index is 2.97. The number of aromatic nitrogens is 3. The molecular formula is C8H7BrIN3. The number of pyridine rings is 1. The fraction of sp³-hybridized carbons (Fsp3) is 0.250. The lowest BCUT2D eigenvalue weighted by atomic mass is 10.2. The fourth-order valence-corrected chi connectivity index (χ4v) is 2.84. The van der Waals surface area contributed by atoms with E-state index in [1.165, 1.54) is 5.56 Å². The van der Waals surface area contributed by atoms with Crippen molar-refractivity contribution in [1.82, 2.24) is 14.8 Å². The normalized spacial score (nSPS) is 11.1. The maximum atomic E-state index is 4.37. The minimum absolute atomic E-state index is 0.858. The van der Waals surface area contributed by atoms with E-state index in [-0.39, 0.29) is 0 Å². The minimum atomic E-state index is 0.858. The fourth-order valence-electron chi connectivity index (χ4n) is 1.33. The first-order chi connectivity index (χ1) is 6.09. The smallest absolute Gasteiger partial charge is 0.160 e. The molecular weight excluding hydrogens is 345 g/mol. The van der Waals surface area contributed by atoms with Gasteiger partial charge in [0.15, 0.2) is 5.65 Å². The van der Waals surface area contributed by atoms with Crippen LogP contribution in [0.5, 0.6) is 0 Å². The summed E-state index contributed by atoms with van der Waals surface area (Å²) in [5, 5.41) is 5.46. The van der Waals surface area contributed by atoms with Crippen LogP contribution >= 0.6 is 38.5 Å². The molecule has 3 nitrogen and oxygen atoms in total. The van der Waals surface area contributed by atoms with Crippen LogP contribution in [-0.4, -0.2) is 14.8 Å². The Kier molecular flexibility index (Phi) is 2.31. The molecule has 0 aliphatic rings. The highest BCUT2D eigenvalue weighted by atomic mass is 127. The Labute approximate surface area is 97.8 Å². The number of aryl methyl sites for hydroxylation is 2. The van der Waals surface area contributed by atoms with E-state index in [4.69, 9.17) is 0 Å². The van der Waals surface area contributed by atoms with Gasteiger partial charge in [-0.2, -0.15) is 5.10 Å². The van der Waals surface area contributed by atoms with Gasteiger partial charge in [0.2, 0.25) is 0 Å². The van der Waals surface area contributed by atoms with Crippen LogP contribution in [0.1, 0.15) is 5.56 Å². The summed E-state index contributed by atoms with van der Waals surface area (Å²) in [6.07, 6.45) is 0. The molecule has 0 saturated heterocycles. The van der Waals surface area contributed by atoms with Crippen LogP contribution in [0.25, 0.3) is 11.0 Å². The molecule has 2 rings (SSSR count). The third-order valence-electron chi connectivity index (χ3n) is 1.92. The first-order valence-corrected chi connectivity index (χ1v) is 5.62. The maximum Gasteiger partial charge on any atom is 0.160 e. The Morgan fingerprint density at radius 2 is 2.23 bits per heavy atom. The molecule has 2 aromatic rings. The number of fused-ring (bicyclic) bond motifs is 1. The molecule has 0 spiro atoms. The molecule has 0 N–H and O–H groups in total. The summed E-state index contributed by atoms with van der Waals surface area (Å²) in [6, 6.07) is 2.01. The van der Waals surface area contributed by atoms with E-state index in [9.17, 15) is 0 Å². The van der Waals surface area contributed by atoms with Gasteiger partial charge >= 0.3 is 0 Å². The second-order valence-electron chi connectivity index (χ2n) is 2.87. The molecule has 2 heterocycles. The third-order valence-corrected chi connectivity index (χ3v) is 3.08. The highest BCUT2D eigenvalue weighted by molar-refractivity contribution is 14.1. The van der Waals surface area contributed by atoms with Crippen LogP contribution in [0.4, 0.5) is 0 Å². The van der Waals surface area contributed by atoms with Gasteiger partial charge in [-0.25, -0.2) is 9.67 Å². The van der Waals surface area contributed by atoms with Gasteiger partial charge in [0.05, 0.1) is 5.39 Å². The van der Waals surface area contributed by atoms with Crippen molar-refractivity contribution in [2.75, 3.05) is 0 Å². The van der Waals surface area contributed by atoms with E-state index in [0.717, 1.165) is 19.3 Å². The lowest BCUT2D eigenvalue weighted by Gasteiger charge is -1.97. The molecule has 0 aromatic carbocycles. The van der Waals surface area contributed by atoms with Crippen LogP contribution < -0.4 is 0 Å². The number of hydrogen-bond donors (Lipinski definition) is 0. The van der Waals surface area contributed by atoms with Crippen LogP contribution in [0.3, 0.4) is 0 Å². The molecule has 0 saturated carbocycles. The van der Waals surface area contributed by atoms with Gasteiger partial charge in [-0.15, -0.1) is 0 Å². The van der Waals surface area contributed by atoms with Gasteiger partial charge in [0, 0.05) is 7.05 Å². The summed E-state index contributed by atoms with van der Waals surface area (Å²) in [6.45, 7) is 2.07. The largest absolute Gasteiger partial charge is 0.249 e. The van der Waals surface area contributed by atoms with E-state index in [1.807, 2.05) is 13.1 Å². The molecule has 2 aromatic heterocycles. The van der Waals surface area contributed by atoms with Crippen LogP contribution in [0.15, 0.2) is 10.7 Å². The van der Waals surface area contributed by atoms with Crippen molar-refractivity contribution in [2.45, 2.75) is 6.92 Å².